The molecule has 0 saturated heterocycles. The summed E-state index contributed by atoms with van der Waals surface area (Å²) in [5.74, 6) is -0.493. The van der Waals surface area contributed by atoms with E-state index in [0.29, 0.717) is 10.7 Å². The summed E-state index contributed by atoms with van der Waals surface area (Å²) in [6, 6.07) is 9.69. The van der Waals surface area contributed by atoms with Crippen LogP contribution in [-0.2, 0) is 10.0 Å². The number of benzene rings is 2. The molecule has 0 atom stereocenters. The van der Waals surface area contributed by atoms with E-state index in [0.717, 1.165) is 17.7 Å². The van der Waals surface area contributed by atoms with E-state index < -0.39 is 15.8 Å². The average Bonchev–Trinajstić information content (AvgIpc) is 2.48. The molecule has 0 N–H and O–H groups in total. The van der Waals surface area contributed by atoms with Gasteiger partial charge < -0.3 is 0 Å². The van der Waals surface area contributed by atoms with Crippen molar-refractivity contribution in [2.24, 2.45) is 0 Å². The Morgan fingerprint density at radius 2 is 1.86 bits per heavy atom. The third-order valence-electron chi connectivity index (χ3n) is 3.14. The lowest BCUT2D eigenvalue weighted by Gasteiger charge is -2.23. The van der Waals surface area contributed by atoms with Crippen molar-refractivity contribution in [3.8, 4) is 0 Å². The van der Waals surface area contributed by atoms with Crippen LogP contribution in [0, 0.1) is 12.7 Å². The summed E-state index contributed by atoms with van der Waals surface area (Å²) in [5, 5.41) is 0.473. The lowest BCUT2D eigenvalue weighted by atomic mass is 10.2. The molecule has 0 saturated carbocycles. The quantitative estimate of drug-likeness (QED) is 0.767. The van der Waals surface area contributed by atoms with Gasteiger partial charge in [-0.25, -0.2) is 12.8 Å². The van der Waals surface area contributed by atoms with Gasteiger partial charge in [-0.3, -0.25) is 4.31 Å². The van der Waals surface area contributed by atoms with Crippen LogP contribution in [0.5, 0.6) is 0 Å². The standard InChI is InChI=1S/C16H15ClFNO2S/c1-3-10-19(14-7-4-12(2)16(17)11-14)22(20,21)15-8-5-13(18)6-9-15/h3-9,11H,1,10H2,2H3. The van der Waals surface area contributed by atoms with Gasteiger partial charge in [0.1, 0.15) is 5.82 Å². The minimum Gasteiger partial charge on any atom is -0.262 e. The Kier molecular flexibility index (Phi) is 4.88. The summed E-state index contributed by atoms with van der Waals surface area (Å²) >= 11 is 6.08. The van der Waals surface area contributed by atoms with Crippen molar-refractivity contribution in [1.82, 2.24) is 0 Å². The van der Waals surface area contributed by atoms with Gasteiger partial charge in [0.25, 0.3) is 10.0 Å². The summed E-state index contributed by atoms with van der Waals surface area (Å²) in [7, 11) is -3.83. The van der Waals surface area contributed by atoms with Gasteiger partial charge in [-0.05, 0) is 48.9 Å². The number of hydrogen-bond donors (Lipinski definition) is 0. The number of sulfonamides is 1. The molecule has 2 aromatic rings. The molecule has 0 aliphatic heterocycles. The molecule has 3 nitrogen and oxygen atoms in total. The van der Waals surface area contributed by atoms with E-state index in [1.54, 1.807) is 18.2 Å². The van der Waals surface area contributed by atoms with Crippen LogP contribution in [0.4, 0.5) is 10.1 Å². The zero-order valence-electron chi connectivity index (χ0n) is 12.0. The number of rotatable bonds is 5. The maximum atomic E-state index is 13.0. The molecule has 6 heteroatoms. The maximum Gasteiger partial charge on any atom is 0.264 e. The Labute approximate surface area is 134 Å². The van der Waals surface area contributed by atoms with Gasteiger partial charge in [0.05, 0.1) is 17.1 Å². The van der Waals surface area contributed by atoms with E-state index in [-0.39, 0.29) is 11.4 Å². The van der Waals surface area contributed by atoms with Crippen LogP contribution < -0.4 is 4.31 Å². The normalized spacial score (nSPS) is 11.2. The van der Waals surface area contributed by atoms with Gasteiger partial charge >= 0.3 is 0 Å². The smallest absolute Gasteiger partial charge is 0.262 e. The molecule has 22 heavy (non-hydrogen) atoms. The molecule has 2 rings (SSSR count). The van der Waals surface area contributed by atoms with Crippen molar-refractivity contribution in [1.29, 1.82) is 0 Å². The lowest BCUT2D eigenvalue weighted by Crippen LogP contribution is -2.31. The van der Waals surface area contributed by atoms with Crippen molar-refractivity contribution >= 4 is 27.3 Å². The third kappa shape index (κ3) is 3.31. The fourth-order valence-electron chi connectivity index (χ4n) is 1.93. The number of hydrogen-bond acceptors (Lipinski definition) is 2. The Balaban J connectivity index is 2.52. The van der Waals surface area contributed by atoms with Crippen LogP contribution in [0.3, 0.4) is 0 Å². The zero-order chi connectivity index (χ0) is 16.3. The van der Waals surface area contributed by atoms with E-state index in [2.05, 4.69) is 6.58 Å². The second-order valence-electron chi connectivity index (χ2n) is 4.71. The summed E-state index contributed by atoms with van der Waals surface area (Å²) < 4.78 is 39.7. The van der Waals surface area contributed by atoms with Gasteiger partial charge in [-0.2, -0.15) is 0 Å². The minimum atomic E-state index is -3.83. The van der Waals surface area contributed by atoms with Crippen LogP contribution in [0.1, 0.15) is 5.56 Å². The monoisotopic (exact) mass is 339 g/mol. The topological polar surface area (TPSA) is 37.4 Å². The highest BCUT2D eigenvalue weighted by Crippen LogP contribution is 2.28. The molecule has 116 valence electrons. The first-order chi connectivity index (χ1) is 10.4. The predicted molar refractivity (Wildman–Crippen MR) is 87.3 cm³/mol. The van der Waals surface area contributed by atoms with E-state index in [1.165, 1.54) is 22.5 Å². The first-order valence-corrected chi connectivity index (χ1v) is 8.33. The Morgan fingerprint density at radius 1 is 1.23 bits per heavy atom. The second kappa shape index (κ2) is 6.50. The molecule has 0 heterocycles. The first kappa shape index (κ1) is 16.5. The van der Waals surface area contributed by atoms with Crippen molar-refractivity contribution in [2.45, 2.75) is 11.8 Å². The van der Waals surface area contributed by atoms with Crippen molar-refractivity contribution in [3.63, 3.8) is 0 Å². The van der Waals surface area contributed by atoms with Crippen LogP contribution >= 0.6 is 11.6 Å². The fraction of sp³-hybridized carbons (Fsp3) is 0.125. The van der Waals surface area contributed by atoms with Gasteiger partial charge in [-0.1, -0.05) is 23.7 Å². The van der Waals surface area contributed by atoms with E-state index in [1.807, 2.05) is 6.92 Å². The number of halogens is 2. The fourth-order valence-corrected chi connectivity index (χ4v) is 3.53. The van der Waals surface area contributed by atoms with Crippen molar-refractivity contribution in [2.75, 3.05) is 10.8 Å². The van der Waals surface area contributed by atoms with Crippen LogP contribution in [0.2, 0.25) is 5.02 Å². The maximum absolute atomic E-state index is 13.0. The Morgan fingerprint density at radius 3 is 2.41 bits per heavy atom. The number of anilines is 1. The minimum absolute atomic E-state index is 0.00690. The van der Waals surface area contributed by atoms with Crippen LogP contribution in [0.25, 0.3) is 0 Å². The van der Waals surface area contributed by atoms with Gasteiger partial charge in [0.2, 0.25) is 0 Å². The molecule has 0 aliphatic rings. The number of nitrogens with zero attached hydrogens (tertiary/aromatic N) is 1. The highest BCUT2D eigenvalue weighted by atomic mass is 35.5. The molecular weight excluding hydrogens is 325 g/mol. The van der Waals surface area contributed by atoms with Gasteiger partial charge in [-0.15, -0.1) is 6.58 Å². The molecule has 0 aromatic heterocycles. The summed E-state index contributed by atoms with van der Waals surface area (Å²) in [6.45, 7) is 5.50. The average molecular weight is 340 g/mol. The highest BCUT2D eigenvalue weighted by Gasteiger charge is 2.24. The molecular formula is C16H15ClFNO2S. The summed E-state index contributed by atoms with van der Waals surface area (Å²) in [6.07, 6.45) is 1.48. The van der Waals surface area contributed by atoms with Crippen LogP contribution in [-0.4, -0.2) is 15.0 Å². The molecule has 0 spiro atoms. The molecule has 0 amide bonds. The largest absolute Gasteiger partial charge is 0.264 e. The predicted octanol–water partition coefficient (Wildman–Crippen LogP) is 4.17. The second-order valence-corrected chi connectivity index (χ2v) is 6.98. The molecule has 0 fully saturated rings. The van der Waals surface area contributed by atoms with Crippen molar-refractivity contribution in [3.05, 3.63) is 71.5 Å². The molecule has 0 radical (unpaired) electrons. The van der Waals surface area contributed by atoms with Crippen LogP contribution in [0.15, 0.2) is 60.0 Å². The third-order valence-corrected chi connectivity index (χ3v) is 5.36. The molecule has 0 unspecified atom stereocenters. The zero-order valence-corrected chi connectivity index (χ0v) is 13.5. The lowest BCUT2D eigenvalue weighted by molar-refractivity contribution is 0.591. The summed E-state index contributed by atoms with van der Waals surface area (Å²) in [5.41, 5.74) is 1.28. The molecule has 0 bridgehead atoms. The highest BCUT2D eigenvalue weighted by molar-refractivity contribution is 7.92. The number of aryl methyl sites for hydroxylation is 1. The first-order valence-electron chi connectivity index (χ1n) is 6.51. The Hall–Kier alpha value is -1.85. The molecule has 0 aliphatic carbocycles. The van der Waals surface area contributed by atoms with Gasteiger partial charge in [0, 0.05) is 5.02 Å². The Bertz CT molecular complexity index is 788. The summed E-state index contributed by atoms with van der Waals surface area (Å²) in [4.78, 5) is 0.00690. The van der Waals surface area contributed by atoms with E-state index in [4.69, 9.17) is 11.6 Å². The van der Waals surface area contributed by atoms with E-state index >= 15 is 0 Å². The SMILES string of the molecule is C=CCN(c1ccc(C)c(Cl)c1)S(=O)(=O)c1ccc(F)cc1. The molecule has 2 aromatic carbocycles. The van der Waals surface area contributed by atoms with Gasteiger partial charge in [0.15, 0.2) is 0 Å². The van der Waals surface area contributed by atoms with Crippen molar-refractivity contribution < 1.29 is 12.8 Å². The van der Waals surface area contributed by atoms with E-state index in [9.17, 15) is 12.8 Å².